The molecular weight excluding hydrogens is 121 g/mol. The molecule has 1 aromatic rings. The molecular formula is C8H11BN. The molecule has 1 nitrogen and oxygen atoms in total. The highest BCUT2D eigenvalue weighted by Crippen LogP contribution is 2.00. The van der Waals surface area contributed by atoms with Crippen molar-refractivity contribution in [2.45, 2.75) is 13.7 Å². The number of nitrogen functional groups attached to an aromatic ring is 1. The molecule has 0 bridgehead atoms. The molecule has 0 saturated carbocycles. The van der Waals surface area contributed by atoms with Crippen molar-refractivity contribution < 1.29 is 0 Å². The summed E-state index contributed by atoms with van der Waals surface area (Å²) in [6, 6.07) is 6.03. The maximum Gasteiger partial charge on any atom is 0.151 e. The van der Waals surface area contributed by atoms with Crippen LogP contribution in [0.25, 0.3) is 0 Å². The zero-order valence-corrected chi connectivity index (χ0v) is 6.39. The smallest absolute Gasteiger partial charge is 0.151 e. The molecule has 0 saturated heterocycles. The van der Waals surface area contributed by atoms with Gasteiger partial charge in [-0.25, -0.2) is 0 Å². The van der Waals surface area contributed by atoms with Crippen LogP contribution in [0.5, 0.6) is 0 Å². The summed E-state index contributed by atoms with van der Waals surface area (Å²) < 4.78 is 0. The van der Waals surface area contributed by atoms with Crippen LogP contribution < -0.4 is 11.2 Å². The average molecular weight is 132 g/mol. The van der Waals surface area contributed by atoms with Crippen molar-refractivity contribution in [2.75, 3.05) is 5.73 Å². The minimum Gasteiger partial charge on any atom is -0.399 e. The number of rotatable bonds is 1. The van der Waals surface area contributed by atoms with E-state index in [2.05, 4.69) is 13.0 Å². The van der Waals surface area contributed by atoms with Crippen LogP contribution in [-0.2, 0) is 0 Å². The van der Waals surface area contributed by atoms with Crippen LogP contribution in [0, 0.1) is 6.92 Å². The van der Waals surface area contributed by atoms with Gasteiger partial charge in [0.15, 0.2) is 7.28 Å². The Morgan fingerprint density at radius 3 is 2.60 bits per heavy atom. The van der Waals surface area contributed by atoms with Crippen molar-refractivity contribution >= 4 is 18.4 Å². The van der Waals surface area contributed by atoms with Crippen LogP contribution in [0.2, 0.25) is 6.82 Å². The first-order valence-electron chi connectivity index (χ1n) is 3.39. The molecule has 0 heterocycles. The minimum atomic E-state index is 0.855. The Labute approximate surface area is 62.5 Å². The molecule has 0 fully saturated rings. The van der Waals surface area contributed by atoms with Crippen LogP contribution in [0.3, 0.4) is 0 Å². The van der Waals surface area contributed by atoms with E-state index in [-0.39, 0.29) is 0 Å². The number of aryl methyl sites for hydroxylation is 1. The fraction of sp³-hybridized carbons (Fsp3) is 0.250. The summed E-state index contributed by atoms with van der Waals surface area (Å²) in [6.07, 6.45) is 0. The van der Waals surface area contributed by atoms with Crippen LogP contribution in [0.15, 0.2) is 18.2 Å². The highest BCUT2D eigenvalue weighted by molar-refractivity contribution is 6.54. The van der Waals surface area contributed by atoms with Gasteiger partial charge in [-0.3, -0.25) is 0 Å². The van der Waals surface area contributed by atoms with E-state index >= 15 is 0 Å². The van der Waals surface area contributed by atoms with E-state index in [1.807, 2.05) is 26.2 Å². The quantitative estimate of drug-likeness (QED) is 0.446. The Bertz CT molecular complexity index is 233. The fourth-order valence-electron chi connectivity index (χ4n) is 0.944. The maximum atomic E-state index is 5.67. The highest BCUT2D eigenvalue weighted by atomic mass is 14.5. The fourth-order valence-corrected chi connectivity index (χ4v) is 0.944. The Morgan fingerprint density at radius 1 is 1.40 bits per heavy atom. The summed E-state index contributed by atoms with van der Waals surface area (Å²) in [5, 5.41) is 0. The molecule has 0 spiro atoms. The zero-order chi connectivity index (χ0) is 7.56. The number of anilines is 1. The second-order valence-electron chi connectivity index (χ2n) is 2.42. The van der Waals surface area contributed by atoms with Crippen molar-refractivity contribution in [1.82, 2.24) is 0 Å². The standard InChI is InChI=1S/C8H11BN/c1-6-3-4-8(10)7(5-6)9-2/h3-5H,10H2,1-2H3. The van der Waals surface area contributed by atoms with Crippen molar-refractivity contribution in [3.05, 3.63) is 23.8 Å². The molecule has 51 valence electrons. The van der Waals surface area contributed by atoms with E-state index in [0.29, 0.717) is 0 Å². The van der Waals surface area contributed by atoms with Gasteiger partial charge in [-0.1, -0.05) is 30.0 Å². The first-order chi connectivity index (χ1) is 4.74. The van der Waals surface area contributed by atoms with Gasteiger partial charge in [0.25, 0.3) is 0 Å². The predicted molar refractivity (Wildman–Crippen MR) is 46.8 cm³/mol. The third-order valence-electron chi connectivity index (χ3n) is 1.55. The summed E-state index contributed by atoms with van der Waals surface area (Å²) in [7, 11) is 2.02. The average Bonchev–Trinajstić information content (AvgIpc) is 1.94. The molecule has 10 heavy (non-hydrogen) atoms. The van der Waals surface area contributed by atoms with Crippen LogP contribution in [0.1, 0.15) is 5.56 Å². The summed E-state index contributed by atoms with van der Waals surface area (Å²) in [4.78, 5) is 0. The van der Waals surface area contributed by atoms with Crippen molar-refractivity contribution in [1.29, 1.82) is 0 Å². The molecule has 2 N–H and O–H groups in total. The Morgan fingerprint density at radius 2 is 2.10 bits per heavy atom. The second-order valence-corrected chi connectivity index (χ2v) is 2.42. The lowest BCUT2D eigenvalue weighted by Gasteiger charge is -2.01. The Hall–Kier alpha value is -0.915. The van der Waals surface area contributed by atoms with E-state index in [1.165, 1.54) is 5.56 Å². The SMILES string of the molecule is C[B]c1cc(C)ccc1N. The van der Waals surface area contributed by atoms with Crippen molar-refractivity contribution in [3.8, 4) is 0 Å². The van der Waals surface area contributed by atoms with E-state index in [0.717, 1.165) is 11.2 Å². The number of nitrogens with two attached hydrogens (primary N) is 1. The van der Waals surface area contributed by atoms with Gasteiger partial charge >= 0.3 is 0 Å². The van der Waals surface area contributed by atoms with Gasteiger partial charge in [0.2, 0.25) is 0 Å². The number of hydrogen-bond donors (Lipinski definition) is 1. The third kappa shape index (κ3) is 1.32. The number of benzene rings is 1. The maximum absolute atomic E-state index is 5.67. The third-order valence-corrected chi connectivity index (χ3v) is 1.55. The largest absolute Gasteiger partial charge is 0.399 e. The normalized spacial score (nSPS) is 9.40. The molecule has 0 amide bonds. The van der Waals surface area contributed by atoms with E-state index < -0.39 is 0 Å². The minimum absolute atomic E-state index is 0.855. The second kappa shape index (κ2) is 2.78. The van der Waals surface area contributed by atoms with Gasteiger partial charge in [-0.05, 0) is 13.0 Å². The topological polar surface area (TPSA) is 26.0 Å². The molecule has 0 aliphatic heterocycles. The van der Waals surface area contributed by atoms with Gasteiger partial charge in [0.05, 0.1) is 0 Å². The summed E-state index contributed by atoms with van der Waals surface area (Å²) >= 11 is 0. The van der Waals surface area contributed by atoms with E-state index in [1.54, 1.807) is 0 Å². The molecule has 1 radical (unpaired) electrons. The Balaban J connectivity index is 3.09. The lowest BCUT2D eigenvalue weighted by molar-refractivity contribution is 1.49. The van der Waals surface area contributed by atoms with Gasteiger partial charge in [-0.2, -0.15) is 0 Å². The molecule has 0 aromatic heterocycles. The predicted octanol–water partition coefficient (Wildman–Crippen LogP) is 0.955. The molecule has 0 aliphatic carbocycles. The first kappa shape index (κ1) is 7.20. The lowest BCUT2D eigenvalue weighted by Crippen LogP contribution is -2.15. The van der Waals surface area contributed by atoms with Gasteiger partial charge < -0.3 is 5.73 Å². The van der Waals surface area contributed by atoms with E-state index in [9.17, 15) is 0 Å². The van der Waals surface area contributed by atoms with Gasteiger partial charge in [-0.15, -0.1) is 0 Å². The lowest BCUT2D eigenvalue weighted by atomic mass is 9.72. The zero-order valence-electron chi connectivity index (χ0n) is 6.39. The van der Waals surface area contributed by atoms with Crippen LogP contribution in [0.4, 0.5) is 5.69 Å². The van der Waals surface area contributed by atoms with Crippen LogP contribution in [-0.4, -0.2) is 7.28 Å². The first-order valence-corrected chi connectivity index (χ1v) is 3.39. The van der Waals surface area contributed by atoms with E-state index in [4.69, 9.17) is 5.73 Å². The highest BCUT2D eigenvalue weighted by Gasteiger charge is 1.95. The molecule has 0 unspecified atom stereocenters. The summed E-state index contributed by atoms with van der Waals surface area (Å²) in [6.45, 7) is 4.05. The number of hydrogen-bond acceptors (Lipinski definition) is 1. The van der Waals surface area contributed by atoms with Gasteiger partial charge in [0, 0.05) is 5.69 Å². The van der Waals surface area contributed by atoms with Crippen molar-refractivity contribution in [3.63, 3.8) is 0 Å². The van der Waals surface area contributed by atoms with Crippen LogP contribution >= 0.6 is 0 Å². The molecule has 0 aliphatic rings. The monoisotopic (exact) mass is 132 g/mol. The molecule has 0 atom stereocenters. The summed E-state index contributed by atoms with van der Waals surface area (Å²) in [5.74, 6) is 0. The molecule has 2 heteroatoms. The molecule has 1 aromatic carbocycles. The van der Waals surface area contributed by atoms with Gasteiger partial charge in [0.1, 0.15) is 0 Å². The Kier molecular flexibility index (Phi) is 2.00. The molecule has 1 rings (SSSR count). The summed E-state index contributed by atoms with van der Waals surface area (Å²) in [5.41, 5.74) is 8.90. The van der Waals surface area contributed by atoms with Crippen molar-refractivity contribution in [2.24, 2.45) is 0 Å².